The van der Waals surface area contributed by atoms with Crippen LogP contribution in [0.15, 0.2) is 77.5 Å². The Morgan fingerprint density at radius 1 is 1.03 bits per heavy atom. The molecule has 0 unspecified atom stereocenters. The van der Waals surface area contributed by atoms with Crippen LogP contribution < -0.4 is 10.6 Å². The molecule has 11 heteroatoms. The Labute approximate surface area is 214 Å². The lowest BCUT2D eigenvalue weighted by atomic mass is 10.0. The van der Waals surface area contributed by atoms with E-state index < -0.39 is 17.1 Å². The average molecular weight is 523 g/mol. The molecule has 2 heterocycles. The molecule has 0 saturated carbocycles. The predicted molar refractivity (Wildman–Crippen MR) is 139 cm³/mol. The quantitative estimate of drug-likeness (QED) is 0.140. The SMILES string of the molecule is O=C(O)N[C@@H](CN[C@@H](Cc1ccc([N+](=O)[O-])cc1)c1csc(-c2cccs2)n1)C(=O)c1ccccc1. The molecule has 4 aromatic rings. The molecule has 2 aromatic heterocycles. The number of benzene rings is 2. The van der Waals surface area contributed by atoms with E-state index in [-0.39, 0.29) is 24.1 Å². The van der Waals surface area contributed by atoms with E-state index in [1.165, 1.54) is 23.5 Å². The standard InChI is InChI=1S/C25H22N4O5S2/c30-23(17-5-2-1-3-6-17)20(28-25(31)32)14-26-19(13-16-8-10-18(11-9-16)29(33)34)21-15-36-24(27-21)22-7-4-12-35-22/h1-12,15,19-20,26,28H,13-14H2,(H,31,32)/t19-,20-/m0/s1. The Morgan fingerprint density at radius 2 is 1.78 bits per heavy atom. The number of Topliss-reactive ketones (excluding diaryl/α,β-unsaturated/α-hetero) is 1. The van der Waals surface area contributed by atoms with Crippen LogP contribution in [0.5, 0.6) is 0 Å². The Hall–Kier alpha value is -3.93. The number of carbonyl (C=O) groups excluding carboxylic acids is 1. The number of nitro benzene ring substituents is 1. The van der Waals surface area contributed by atoms with Gasteiger partial charge >= 0.3 is 6.09 Å². The van der Waals surface area contributed by atoms with Crippen LogP contribution in [0.4, 0.5) is 10.5 Å². The van der Waals surface area contributed by atoms with Gasteiger partial charge in [0.15, 0.2) is 5.78 Å². The summed E-state index contributed by atoms with van der Waals surface area (Å²) in [7, 11) is 0. The highest BCUT2D eigenvalue weighted by atomic mass is 32.1. The molecule has 36 heavy (non-hydrogen) atoms. The average Bonchev–Trinajstić information content (AvgIpc) is 3.58. The molecule has 4 rings (SSSR count). The molecule has 0 saturated heterocycles. The van der Waals surface area contributed by atoms with E-state index in [4.69, 9.17) is 4.98 Å². The zero-order valence-corrected chi connectivity index (χ0v) is 20.5. The van der Waals surface area contributed by atoms with Gasteiger partial charge in [0.1, 0.15) is 11.0 Å². The number of carbonyl (C=O) groups is 2. The van der Waals surface area contributed by atoms with E-state index in [0.717, 1.165) is 21.1 Å². The highest BCUT2D eigenvalue weighted by Crippen LogP contribution is 2.31. The monoisotopic (exact) mass is 522 g/mol. The van der Waals surface area contributed by atoms with Crippen LogP contribution in [-0.4, -0.2) is 39.5 Å². The van der Waals surface area contributed by atoms with Gasteiger partial charge in [-0.3, -0.25) is 14.9 Å². The second kappa shape index (κ2) is 11.7. The number of nitrogens with zero attached hydrogens (tertiary/aromatic N) is 2. The Morgan fingerprint density at radius 3 is 2.42 bits per heavy atom. The molecule has 0 aliphatic carbocycles. The van der Waals surface area contributed by atoms with Crippen molar-refractivity contribution in [3.8, 4) is 9.88 Å². The van der Waals surface area contributed by atoms with E-state index >= 15 is 0 Å². The van der Waals surface area contributed by atoms with E-state index in [1.807, 2.05) is 22.9 Å². The van der Waals surface area contributed by atoms with Crippen molar-refractivity contribution < 1.29 is 19.6 Å². The van der Waals surface area contributed by atoms with Gasteiger partial charge in [-0.05, 0) is 23.4 Å². The summed E-state index contributed by atoms with van der Waals surface area (Å²) in [5, 5.41) is 30.7. The maximum absolute atomic E-state index is 13.0. The van der Waals surface area contributed by atoms with Gasteiger partial charge in [-0.1, -0.05) is 48.5 Å². The normalized spacial score (nSPS) is 12.6. The summed E-state index contributed by atoms with van der Waals surface area (Å²) in [6.07, 6.45) is -0.864. The fraction of sp³-hybridized carbons (Fsp3) is 0.160. The van der Waals surface area contributed by atoms with Gasteiger partial charge in [0.25, 0.3) is 5.69 Å². The van der Waals surface area contributed by atoms with E-state index in [0.29, 0.717) is 12.0 Å². The van der Waals surface area contributed by atoms with Gasteiger partial charge in [0.2, 0.25) is 0 Å². The maximum atomic E-state index is 13.0. The largest absolute Gasteiger partial charge is 0.465 e. The number of rotatable bonds is 11. The van der Waals surface area contributed by atoms with Crippen LogP contribution in [0.25, 0.3) is 9.88 Å². The van der Waals surface area contributed by atoms with Gasteiger partial charge in [-0.2, -0.15) is 0 Å². The minimum absolute atomic E-state index is 0.00363. The van der Waals surface area contributed by atoms with E-state index in [2.05, 4.69) is 10.6 Å². The van der Waals surface area contributed by atoms with E-state index in [9.17, 15) is 24.8 Å². The Bertz CT molecular complexity index is 1320. The van der Waals surface area contributed by atoms with Crippen molar-refractivity contribution in [3.05, 3.63) is 104 Å². The predicted octanol–water partition coefficient (Wildman–Crippen LogP) is 5.17. The molecule has 2 atom stereocenters. The number of thiophene rings is 1. The molecule has 0 aliphatic heterocycles. The van der Waals surface area contributed by atoms with Crippen molar-refractivity contribution in [1.82, 2.24) is 15.6 Å². The summed E-state index contributed by atoms with van der Waals surface area (Å²) in [6, 6.07) is 17.3. The van der Waals surface area contributed by atoms with Crippen LogP contribution in [0.2, 0.25) is 0 Å². The first kappa shape index (κ1) is 25.2. The second-order valence-corrected chi connectivity index (χ2v) is 9.68. The van der Waals surface area contributed by atoms with E-state index in [1.54, 1.807) is 53.8 Å². The molecular formula is C25H22N4O5S2. The molecule has 0 spiro atoms. The molecule has 0 fully saturated rings. The third kappa shape index (κ3) is 6.39. The number of hydrogen-bond donors (Lipinski definition) is 3. The molecular weight excluding hydrogens is 500 g/mol. The van der Waals surface area contributed by atoms with Crippen LogP contribution >= 0.6 is 22.7 Å². The van der Waals surface area contributed by atoms with Crippen molar-refractivity contribution in [1.29, 1.82) is 0 Å². The third-order valence-corrected chi connectivity index (χ3v) is 7.34. The third-order valence-electron chi connectivity index (χ3n) is 5.44. The fourth-order valence-electron chi connectivity index (χ4n) is 3.65. The number of carboxylic acid groups (broad SMARTS) is 1. The molecule has 1 amide bonds. The van der Waals surface area contributed by atoms with Gasteiger partial charge in [0, 0.05) is 29.6 Å². The Kier molecular flexibility index (Phi) is 8.16. The maximum Gasteiger partial charge on any atom is 0.405 e. The van der Waals surface area contributed by atoms with Crippen LogP contribution in [0, 0.1) is 10.1 Å². The first-order valence-corrected chi connectivity index (χ1v) is 12.7. The summed E-state index contributed by atoms with van der Waals surface area (Å²) in [6.45, 7) is 0.0313. The molecule has 0 aliphatic rings. The minimum Gasteiger partial charge on any atom is -0.465 e. The smallest absolute Gasteiger partial charge is 0.405 e. The lowest BCUT2D eigenvalue weighted by Crippen LogP contribution is -2.47. The number of ketones is 1. The highest BCUT2D eigenvalue weighted by molar-refractivity contribution is 7.20. The summed E-state index contributed by atoms with van der Waals surface area (Å²) >= 11 is 3.07. The number of aromatic nitrogens is 1. The number of nitro groups is 1. The molecule has 9 nitrogen and oxygen atoms in total. The lowest BCUT2D eigenvalue weighted by molar-refractivity contribution is -0.384. The van der Waals surface area contributed by atoms with Crippen LogP contribution in [0.3, 0.4) is 0 Å². The van der Waals surface area contributed by atoms with Crippen LogP contribution in [-0.2, 0) is 6.42 Å². The molecule has 3 N–H and O–H groups in total. The Balaban J connectivity index is 1.57. The van der Waals surface area contributed by atoms with Crippen molar-refractivity contribution in [2.24, 2.45) is 0 Å². The fourth-order valence-corrected chi connectivity index (χ4v) is 5.34. The summed E-state index contributed by atoms with van der Waals surface area (Å²) < 4.78 is 0. The number of nitrogens with one attached hydrogen (secondary N) is 2. The first-order chi connectivity index (χ1) is 17.4. The van der Waals surface area contributed by atoms with Gasteiger partial charge < -0.3 is 15.7 Å². The molecule has 0 radical (unpaired) electrons. The zero-order chi connectivity index (χ0) is 25.5. The van der Waals surface area contributed by atoms with Crippen LogP contribution in [0.1, 0.15) is 27.7 Å². The summed E-state index contributed by atoms with van der Waals surface area (Å²) in [5.74, 6) is -0.350. The number of hydrogen-bond acceptors (Lipinski definition) is 8. The molecule has 2 aromatic carbocycles. The lowest BCUT2D eigenvalue weighted by Gasteiger charge is -2.22. The van der Waals surface area contributed by atoms with Crippen molar-refractivity contribution in [2.45, 2.75) is 18.5 Å². The van der Waals surface area contributed by atoms with Crippen molar-refractivity contribution in [2.75, 3.05) is 6.54 Å². The highest BCUT2D eigenvalue weighted by Gasteiger charge is 2.25. The van der Waals surface area contributed by atoms with Crippen molar-refractivity contribution >= 4 is 40.2 Å². The topological polar surface area (TPSA) is 134 Å². The van der Waals surface area contributed by atoms with Gasteiger partial charge in [0.05, 0.1) is 21.5 Å². The summed E-state index contributed by atoms with van der Waals surface area (Å²) in [4.78, 5) is 40.8. The number of thiazole rings is 1. The van der Waals surface area contributed by atoms with Crippen molar-refractivity contribution in [3.63, 3.8) is 0 Å². The first-order valence-electron chi connectivity index (χ1n) is 11.0. The number of amides is 1. The number of non-ortho nitro benzene ring substituents is 1. The molecule has 184 valence electrons. The van der Waals surface area contributed by atoms with Gasteiger partial charge in [-0.25, -0.2) is 9.78 Å². The summed E-state index contributed by atoms with van der Waals surface area (Å²) in [5.41, 5.74) is 1.97. The zero-order valence-electron chi connectivity index (χ0n) is 18.9. The molecule has 0 bridgehead atoms. The minimum atomic E-state index is -1.30. The van der Waals surface area contributed by atoms with Gasteiger partial charge in [-0.15, -0.1) is 22.7 Å². The second-order valence-electron chi connectivity index (χ2n) is 7.88.